The van der Waals surface area contributed by atoms with Gasteiger partial charge in [0.2, 0.25) is 0 Å². The normalized spacial score (nSPS) is 12.6. The van der Waals surface area contributed by atoms with E-state index in [1.54, 1.807) is 34.3 Å². The fourth-order valence-electron chi connectivity index (χ4n) is 3.92. The summed E-state index contributed by atoms with van der Waals surface area (Å²) < 4.78 is 83.0. The molecule has 11 heteroatoms. The topological polar surface area (TPSA) is 55.6 Å². The molecule has 0 saturated carbocycles. The second kappa shape index (κ2) is 7.82. The van der Waals surface area contributed by atoms with Gasteiger partial charge in [0, 0.05) is 24.2 Å². The average molecular weight is 468 g/mol. The Morgan fingerprint density at radius 1 is 0.818 bits per heavy atom. The van der Waals surface area contributed by atoms with Crippen LogP contribution in [0.1, 0.15) is 25.0 Å². The van der Waals surface area contributed by atoms with Crippen LogP contribution in [0.3, 0.4) is 0 Å². The smallest absolute Gasteiger partial charge is 0.292 e. The third-order valence-electron chi connectivity index (χ3n) is 5.48. The average Bonchev–Trinajstić information content (AvgIpc) is 3.33. The van der Waals surface area contributed by atoms with Crippen LogP contribution in [0.4, 0.5) is 26.3 Å². The van der Waals surface area contributed by atoms with Crippen molar-refractivity contribution >= 4 is 11.0 Å². The number of H-pyrrole nitrogens is 1. The number of halogens is 6. The SMILES string of the molecule is CCn1c(=O)n(CC)c2cc(-c3cn[nH]c3-c3cc(C(F)(F)F)cc(C(F)(F)F)c3)ccc21. The van der Waals surface area contributed by atoms with Gasteiger partial charge < -0.3 is 0 Å². The van der Waals surface area contributed by atoms with Crippen LogP contribution in [0.25, 0.3) is 33.4 Å². The number of benzene rings is 2. The number of alkyl halides is 6. The molecule has 0 unspecified atom stereocenters. The van der Waals surface area contributed by atoms with Crippen LogP contribution in [0, 0.1) is 0 Å². The Morgan fingerprint density at radius 3 is 1.94 bits per heavy atom. The van der Waals surface area contributed by atoms with Gasteiger partial charge in [-0.2, -0.15) is 31.4 Å². The molecule has 5 nitrogen and oxygen atoms in total. The Bertz CT molecular complexity index is 1360. The Balaban J connectivity index is 1.92. The summed E-state index contributed by atoms with van der Waals surface area (Å²) in [5.74, 6) is 0. The molecule has 0 amide bonds. The largest absolute Gasteiger partial charge is 0.416 e. The number of aryl methyl sites for hydroxylation is 2. The minimum Gasteiger partial charge on any atom is -0.292 e. The summed E-state index contributed by atoms with van der Waals surface area (Å²) in [6, 6.07) is 6.42. The molecule has 2 aromatic carbocycles. The van der Waals surface area contributed by atoms with E-state index in [0.29, 0.717) is 47.4 Å². The molecule has 0 bridgehead atoms. The van der Waals surface area contributed by atoms with Gasteiger partial charge in [-0.25, -0.2) is 4.79 Å². The highest BCUT2D eigenvalue weighted by Gasteiger charge is 2.37. The lowest BCUT2D eigenvalue weighted by Crippen LogP contribution is -2.22. The molecule has 0 atom stereocenters. The van der Waals surface area contributed by atoms with Crippen molar-refractivity contribution in [3.8, 4) is 22.4 Å². The highest BCUT2D eigenvalue weighted by Crippen LogP contribution is 2.40. The number of aromatic nitrogens is 4. The summed E-state index contributed by atoms with van der Waals surface area (Å²) in [5.41, 5.74) is -1.24. The van der Waals surface area contributed by atoms with Gasteiger partial charge in [-0.3, -0.25) is 14.2 Å². The first-order chi connectivity index (χ1) is 15.5. The molecule has 174 valence electrons. The van der Waals surface area contributed by atoms with Gasteiger partial charge in [-0.05, 0) is 49.7 Å². The number of nitrogens with one attached hydrogen (secondary N) is 1. The first-order valence-electron chi connectivity index (χ1n) is 10.0. The lowest BCUT2D eigenvalue weighted by atomic mass is 9.97. The van der Waals surface area contributed by atoms with E-state index in [9.17, 15) is 31.1 Å². The van der Waals surface area contributed by atoms with Gasteiger partial charge in [0.1, 0.15) is 0 Å². The minimum atomic E-state index is -4.96. The molecule has 0 fully saturated rings. The molecule has 2 heterocycles. The van der Waals surface area contributed by atoms with Crippen LogP contribution < -0.4 is 5.69 Å². The summed E-state index contributed by atoms with van der Waals surface area (Å²) >= 11 is 0. The lowest BCUT2D eigenvalue weighted by molar-refractivity contribution is -0.143. The number of nitrogens with zero attached hydrogens (tertiary/aromatic N) is 3. The van der Waals surface area contributed by atoms with Crippen molar-refractivity contribution in [2.75, 3.05) is 0 Å². The van der Waals surface area contributed by atoms with Crippen molar-refractivity contribution in [3.05, 3.63) is 64.2 Å². The van der Waals surface area contributed by atoms with Gasteiger partial charge in [0.25, 0.3) is 0 Å². The molecule has 0 aliphatic rings. The van der Waals surface area contributed by atoms with Crippen LogP contribution in [0.2, 0.25) is 0 Å². The fraction of sp³-hybridized carbons (Fsp3) is 0.273. The van der Waals surface area contributed by atoms with Crippen molar-refractivity contribution < 1.29 is 26.3 Å². The van der Waals surface area contributed by atoms with E-state index in [0.717, 1.165) is 0 Å². The van der Waals surface area contributed by atoms with Gasteiger partial charge in [-0.1, -0.05) is 6.07 Å². The monoisotopic (exact) mass is 468 g/mol. The number of hydrogen-bond donors (Lipinski definition) is 1. The highest BCUT2D eigenvalue weighted by atomic mass is 19.4. The Labute approximate surface area is 183 Å². The maximum atomic E-state index is 13.3. The number of fused-ring (bicyclic) bond motifs is 1. The molecular weight excluding hydrogens is 450 g/mol. The van der Waals surface area contributed by atoms with E-state index < -0.39 is 23.5 Å². The predicted molar refractivity (Wildman–Crippen MR) is 111 cm³/mol. The number of aromatic amines is 1. The standard InChI is InChI=1S/C22H18F6N4O/c1-3-31-17-6-5-12(9-18(17)32(4-2)20(31)33)16-11-29-30-19(16)13-7-14(21(23,24)25)10-15(8-13)22(26,27)28/h5-11H,3-4H2,1-2H3,(H,29,30). The quantitative estimate of drug-likeness (QED) is 0.377. The van der Waals surface area contributed by atoms with E-state index in [2.05, 4.69) is 10.2 Å². The molecule has 0 saturated heterocycles. The molecule has 0 aliphatic heterocycles. The van der Waals surface area contributed by atoms with Crippen LogP contribution >= 0.6 is 0 Å². The lowest BCUT2D eigenvalue weighted by Gasteiger charge is -2.14. The number of hydrogen-bond acceptors (Lipinski definition) is 2. The third kappa shape index (κ3) is 3.91. The molecule has 4 rings (SSSR count). The number of rotatable bonds is 4. The van der Waals surface area contributed by atoms with Gasteiger partial charge >= 0.3 is 18.0 Å². The van der Waals surface area contributed by atoms with E-state index in [1.807, 2.05) is 6.92 Å². The van der Waals surface area contributed by atoms with Crippen molar-refractivity contribution in [1.29, 1.82) is 0 Å². The molecule has 0 spiro atoms. The van der Waals surface area contributed by atoms with E-state index in [-0.39, 0.29) is 23.0 Å². The highest BCUT2D eigenvalue weighted by molar-refractivity contribution is 5.87. The Hall–Kier alpha value is -3.50. The first kappa shape index (κ1) is 22.7. The van der Waals surface area contributed by atoms with Crippen molar-refractivity contribution in [2.45, 2.75) is 39.3 Å². The second-order valence-corrected chi connectivity index (χ2v) is 7.43. The van der Waals surface area contributed by atoms with Crippen molar-refractivity contribution in [2.24, 2.45) is 0 Å². The van der Waals surface area contributed by atoms with Crippen molar-refractivity contribution in [3.63, 3.8) is 0 Å². The zero-order chi connectivity index (χ0) is 24.1. The van der Waals surface area contributed by atoms with Gasteiger partial charge in [0.05, 0.1) is 34.1 Å². The van der Waals surface area contributed by atoms with E-state index in [4.69, 9.17) is 0 Å². The zero-order valence-electron chi connectivity index (χ0n) is 17.5. The van der Waals surface area contributed by atoms with Crippen LogP contribution in [0.5, 0.6) is 0 Å². The summed E-state index contributed by atoms with van der Waals surface area (Å²) in [6.45, 7) is 4.47. The van der Waals surface area contributed by atoms with Gasteiger partial charge in [0.15, 0.2) is 0 Å². The summed E-state index contributed by atoms with van der Waals surface area (Å²) in [6.07, 6.45) is -8.60. The summed E-state index contributed by atoms with van der Waals surface area (Å²) in [5, 5.41) is 6.38. The van der Waals surface area contributed by atoms with Gasteiger partial charge in [-0.15, -0.1) is 0 Å². The van der Waals surface area contributed by atoms with Crippen LogP contribution in [-0.4, -0.2) is 19.3 Å². The number of imidazole rings is 1. The molecule has 33 heavy (non-hydrogen) atoms. The van der Waals surface area contributed by atoms with Crippen molar-refractivity contribution in [1.82, 2.24) is 19.3 Å². The summed E-state index contributed by atoms with van der Waals surface area (Å²) in [4.78, 5) is 12.6. The molecular formula is C22H18F6N4O. The van der Waals surface area contributed by atoms with E-state index >= 15 is 0 Å². The molecule has 2 aromatic heterocycles. The summed E-state index contributed by atoms with van der Waals surface area (Å²) in [7, 11) is 0. The molecule has 0 radical (unpaired) electrons. The molecule has 1 N–H and O–H groups in total. The maximum absolute atomic E-state index is 13.3. The third-order valence-corrected chi connectivity index (χ3v) is 5.48. The first-order valence-corrected chi connectivity index (χ1v) is 10.0. The maximum Gasteiger partial charge on any atom is 0.416 e. The van der Waals surface area contributed by atoms with E-state index in [1.165, 1.54) is 6.20 Å². The Kier molecular flexibility index (Phi) is 5.38. The second-order valence-electron chi connectivity index (χ2n) is 7.43. The minimum absolute atomic E-state index is 0.00581. The predicted octanol–water partition coefficient (Wildman–Crippen LogP) is 5.94. The fourth-order valence-corrected chi connectivity index (χ4v) is 3.92. The molecule has 4 aromatic rings. The zero-order valence-corrected chi connectivity index (χ0v) is 17.5. The molecule has 0 aliphatic carbocycles. The Morgan fingerprint density at radius 2 is 1.39 bits per heavy atom. The van der Waals surface area contributed by atoms with Crippen LogP contribution in [-0.2, 0) is 25.4 Å². The van der Waals surface area contributed by atoms with Crippen LogP contribution in [0.15, 0.2) is 47.4 Å².